The van der Waals surface area contributed by atoms with Gasteiger partial charge in [0.1, 0.15) is 46.0 Å². The number of aromatic hydroxyl groups is 4. The van der Waals surface area contributed by atoms with Gasteiger partial charge in [-0.25, -0.2) is 19.2 Å². The van der Waals surface area contributed by atoms with Crippen LogP contribution in [0.4, 0.5) is 0 Å². The molecule has 9 rings (SSSR count). The molecule has 0 saturated heterocycles. The lowest BCUT2D eigenvalue weighted by Gasteiger charge is -2.30. The molecule has 8 aromatic carbocycles. The number of ether oxygens (including phenoxy) is 4. The van der Waals surface area contributed by atoms with Gasteiger partial charge in [0.2, 0.25) is 0 Å². The number of benzene rings is 8. The number of hydrogen-bond acceptors (Lipinski definition) is 14. The van der Waals surface area contributed by atoms with Crippen molar-refractivity contribution in [3.8, 4) is 46.0 Å². The minimum Gasteiger partial charge on any atom is -0.507 e. The van der Waals surface area contributed by atoms with Crippen molar-refractivity contribution in [1.29, 1.82) is 0 Å². The number of fused-ring (bicyclic) bond motifs is 8. The number of hydrogen-bond donors (Lipinski definition) is 4. The highest BCUT2D eigenvalue weighted by atomic mass is 16.6. The lowest BCUT2D eigenvalue weighted by atomic mass is 9.79. The van der Waals surface area contributed by atoms with Crippen molar-refractivity contribution in [2.45, 2.75) is 120 Å². The van der Waals surface area contributed by atoms with E-state index in [2.05, 4.69) is 0 Å². The first-order chi connectivity index (χ1) is 42.0. The fourth-order valence-electron chi connectivity index (χ4n) is 11.5. The largest absolute Gasteiger partial charge is 0.507 e. The number of esters is 4. The van der Waals surface area contributed by atoms with E-state index in [1.807, 2.05) is 92.9 Å². The lowest BCUT2D eigenvalue weighted by Crippen LogP contribution is -2.23. The zero-order valence-corrected chi connectivity index (χ0v) is 52.2. The van der Waals surface area contributed by atoms with E-state index >= 15 is 0 Å². The fraction of sp³-hybridized carbons (Fsp3) is 0.297. The molecule has 8 bridgehead atoms. The van der Waals surface area contributed by atoms with Gasteiger partial charge in [-0.3, -0.25) is 9.80 Å². The smallest absolute Gasteiger partial charge is 0.343 e. The van der Waals surface area contributed by atoms with Crippen LogP contribution in [0.2, 0.25) is 0 Å². The maximum absolute atomic E-state index is 14.5. The topological polar surface area (TPSA) is 193 Å². The third-order valence-electron chi connectivity index (χ3n) is 17.4. The molecule has 88 heavy (non-hydrogen) atoms. The number of phenolic OH excluding ortho intramolecular Hbond substituents is 4. The molecule has 4 atom stereocenters. The first-order valence-corrected chi connectivity index (χ1v) is 30.1. The van der Waals surface area contributed by atoms with Gasteiger partial charge >= 0.3 is 23.9 Å². The average Bonchev–Trinajstić information content (AvgIpc) is 0.846. The predicted molar refractivity (Wildman–Crippen MR) is 340 cm³/mol. The van der Waals surface area contributed by atoms with Crippen LogP contribution in [-0.2, 0) is 13.1 Å². The summed E-state index contributed by atoms with van der Waals surface area (Å²) in [5.74, 6) is -7.35. The Hall–Kier alpha value is -9.24. The Balaban J connectivity index is 1.41. The summed E-state index contributed by atoms with van der Waals surface area (Å²) in [6, 6.07) is 37.4. The van der Waals surface area contributed by atoms with E-state index in [-0.39, 0.29) is 92.5 Å². The van der Waals surface area contributed by atoms with Gasteiger partial charge in [0.25, 0.3) is 0 Å². The second kappa shape index (κ2) is 26.8. The zero-order valence-electron chi connectivity index (χ0n) is 52.2. The maximum Gasteiger partial charge on any atom is 0.343 e. The molecule has 0 aromatic heterocycles. The highest BCUT2D eigenvalue weighted by Crippen LogP contribution is 2.53. The molecular formula is C74H78N2O12. The van der Waals surface area contributed by atoms with E-state index < -0.39 is 47.5 Å². The van der Waals surface area contributed by atoms with Crippen molar-refractivity contribution in [2.75, 3.05) is 26.2 Å². The van der Waals surface area contributed by atoms with Crippen LogP contribution in [0.25, 0.3) is 0 Å². The molecule has 456 valence electrons. The quantitative estimate of drug-likeness (QED) is 0.0527. The van der Waals surface area contributed by atoms with Crippen LogP contribution in [0, 0.1) is 27.7 Å². The summed E-state index contributed by atoms with van der Waals surface area (Å²) in [5, 5.41) is 51.5. The van der Waals surface area contributed by atoms with E-state index in [4.69, 9.17) is 18.9 Å². The summed E-state index contributed by atoms with van der Waals surface area (Å²) in [5.41, 5.74) is 7.76. The zero-order chi connectivity index (χ0) is 63.4. The number of nitrogens with zero attached hydrogens (tertiary/aromatic N) is 2. The van der Waals surface area contributed by atoms with Crippen molar-refractivity contribution in [1.82, 2.24) is 9.80 Å². The molecule has 0 radical (unpaired) electrons. The first-order valence-electron chi connectivity index (χ1n) is 30.1. The minimum absolute atomic E-state index is 0.00797. The number of carbonyl (C=O) groups excluding carboxylic acids is 4. The molecule has 14 nitrogen and oxygen atoms in total. The third-order valence-corrected chi connectivity index (χ3v) is 17.4. The van der Waals surface area contributed by atoms with Crippen LogP contribution >= 0.6 is 0 Å². The van der Waals surface area contributed by atoms with Gasteiger partial charge in [-0.15, -0.1) is 0 Å². The minimum atomic E-state index is -0.885. The number of carbonyl (C=O) groups is 4. The molecule has 4 N–H and O–H groups in total. The van der Waals surface area contributed by atoms with Gasteiger partial charge in [0.15, 0.2) is 0 Å². The van der Waals surface area contributed by atoms with E-state index in [1.54, 1.807) is 121 Å². The molecule has 0 fully saturated rings. The fourth-order valence-corrected chi connectivity index (χ4v) is 11.5. The Morgan fingerprint density at radius 1 is 0.330 bits per heavy atom. The molecule has 0 heterocycles. The number of rotatable bonds is 16. The Kier molecular flexibility index (Phi) is 19.3. The molecule has 0 saturated carbocycles. The van der Waals surface area contributed by atoms with Gasteiger partial charge in [-0.2, -0.15) is 0 Å². The van der Waals surface area contributed by atoms with E-state index in [1.165, 1.54) is 12.1 Å². The molecule has 0 spiro atoms. The monoisotopic (exact) mass is 1190 g/mol. The first kappa shape index (κ1) is 63.3. The Bertz CT molecular complexity index is 3440. The van der Waals surface area contributed by atoms with Crippen molar-refractivity contribution in [3.63, 3.8) is 0 Å². The lowest BCUT2D eigenvalue weighted by molar-refractivity contribution is 0.0711. The molecule has 1 aliphatic carbocycles. The standard InChI is InChI=1S/C74H78N2O12/c1-13-75(14-2)39-61-67(77)57-35-58(68(61)78)46(10)54-34-56(66(88-74(84)52-31-23-44(8)24-32-52)38-64(54)86-72(82)50-27-19-42(6)20-28-50)48(12)60-36-59(69(79)62(70(60)80)40-76(15-3)16-4)47(11)55-33-53(45(57)9)63(85-71(81)49-25-17-41(5)18-26-49)37-65(55)87-73(83)51-29-21-43(7)22-30-51/h17-38,45-48,77-80H,13-16,39-40H2,1-12H3/t45-,46-,47+,48+. The summed E-state index contributed by atoms with van der Waals surface area (Å²) in [6.07, 6.45) is 0. The van der Waals surface area contributed by atoms with Crippen molar-refractivity contribution in [3.05, 3.63) is 234 Å². The van der Waals surface area contributed by atoms with E-state index in [0.717, 1.165) is 22.3 Å². The number of phenols is 4. The second-order valence-electron chi connectivity index (χ2n) is 23.1. The second-order valence-corrected chi connectivity index (χ2v) is 23.1. The summed E-state index contributed by atoms with van der Waals surface area (Å²) in [6.45, 7) is 25.3. The number of aryl methyl sites for hydroxylation is 4. The predicted octanol–water partition coefficient (Wildman–Crippen LogP) is 15.2. The SMILES string of the molecule is CCN(CC)Cc1c(O)c2cc(c1O)[C@H](C)c1cc(c(OC(=O)c3ccc(C)cc3)cc1OC(=O)c1ccc(C)cc1)[C@H](C)c1cc(c(O)c(CN(CC)CC)c1O)[C@@H](C)c1cc(c(OC(=O)c3ccc(C)cc3)cc1OC(=O)c1ccc(C)cc1)[C@H]2C. The summed E-state index contributed by atoms with van der Waals surface area (Å²) >= 11 is 0. The maximum atomic E-state index is 14.5. The molecule has 0 unspecified atom stereocenters. The Labute approximate surface area is 515 Å². The van der Waals surface area contributed by atoms with E-state index in [0.29, 0.717) is 70.7 Å². The third kappa shape index (κ3) is 13.2. The molecule has 0 aliphatic heterocycles. The highest BCUT2D eigenvalue weighted by molar-refractivity contribution is 5.94. The molecule has 1 aliphatic rings. The molecular weight excluding hydrogens is 1110 g/mol. The van der Waals surface area contributed by atoms with Crippen LogP contribution in [0.3, 0.4) is 0 Å². The molecule has 14 heteroatoms. The van der Waals surface area contributed by atoms with Crippen molar-refractivity contribution >= 4 is 23.9 Å². The van der Waals surface area contributed by atoms with Crippen LogP contribution in [0.15, 0.2) is 133 Å². The highest BCUT2D eigenvalue weighted by Gasteiger charge is 2.35. The average molecular weight is 1190 g/mol. The Morgan fingerprint density at radius 2 is 0.523 bits per heavy atom. The van der Waals surface area contributed by atoms with Crippen LogP contribution in [0.1, 0.15) is 198 Å². The van der Waals surface area contributed by atoms with Crippen LogP contribution in [0.5, 0.6) is 46.0 Å². The van der Waals surface area contributed by atoms with Crippen molar-refractivity contribution in [2.24, 2.45) is 0 Å². The normalized spacial score (nSPS) is 15.4. The van der Waals surface area contributed by atoms with Crippen LogP contribution in [-0.4, -0.2) is 80.3 Å². The van der Waals surface area contributed by atoms with Gasteiger partial charge < -0.3 is 39.4 Å². The summed E-state index contributed by atoms with van der Waals surface area (Å²) in [4.78, 5) is 62.0. The van der Waals surface area contributed by atoms with Gasteiger partial charge in [-0.1, -0.05) is 126 Å². The van der Waals surface area contributed by atoms with Gasteiger partial charge in [0.05, 0.1) is 33.4 Å². The van der Waals surface area contributed by atoms with Gasteiger partial charge in [-0.05, 0) is 127 Å². The van der Waals surface area contributed by atoms with Gasteiger partial charge in [0, 0.05) is 93.4 Å². The van der Waals surface area contributed by atoms with E-state index in [9.17, 15) is 39.6 Å². The van der Waals surface area contributed by atoms with Crippen molar-refractivity contribution < 1.29 is 58.6 Å². The summed E-state index contributed by atoms with van der Waals surface area (Å²) < 4.78 is 25.7. The van der Waals surface area contributed by atoms with Crippen LogP contribution < -0.4 is 18.9 Å². The molecule has 8 aromatic rings. The summed E-state index contributed by atoms with van der Waals surface area (Å²) in [7, 11) is 0. The molecule has 0 amide bonds. The Morgan fingerprint density at radius 3 is 0.716 bits per heavy atom.